The lowest BCUT2D eigenvalue weighted by molar-refractivity contribution is -0.120. The van der Waals surface area contributed by atoms with Crippen LogP contribution in [0.3, 0.4) is 0 Å². The van der Waals surface area contributed by atoms with Gasteiger partial charge in [0, 0.05) is 24.0 Å². The molecule has 1 unspecified atom stereocenters. The van der Waals surface area contributed by atoms with Gasteiger partial charge in [0.2, 0.25) is 0 Å². The summed E-state index contributed by atoms with van der Waals surface area (Å²) in [6.07, 6.45) is 2.13. The van der Waals surface area contributed by atoms with Crippen LogP contribution < -0.4 is 9.64 Å². The molecule has 5 nitrogen and oxygen atoms in total. The summed E-state index contributed by atoms with van der Waals surface area (Å²) < 4.78 is 5.57. The predicted octanol–water partition coefficient (Wildman–Crippen LogP) is 4.86. The molecule has 0 radical (unpaired) electrons. The fourth-order valence-corrected chi connectivity index (χ4v) is 4.92. The van der Waals surface area contributed by atoms with Crippen molar-refractivity contribution < 1.29 is 14.3 Å². The van der Waals surface area contributed by atoms with E-state index >= 15 is 0 Å². The maximum Gasteiger partial charge on any atom is 0.282 e. The van der Waals surface area contributed by atoms with E-state index in [1.807, 2.05) is 66.7 Å². The molecule has 2 aliphatic rings. The molecule has 3 aromatic carbocycles. The first-order chi connectivity index (χ1) is 15.6. The number of benzene rings is 3. The molecular formula is C27H26N2O3. The Bertz CT molecular complexity index is 1240. The number of ether oxygens (including phenoxy) is 1. The molecule has 0 aromatic heterocycles. The molecule has 5 rings (SSSR count). The molecule has 2 aliphatic heterocycles. The molecule has 0 N–H and O–H groups in total. The summed E-state index contributed by atoms with van der Waals surface area (Å²) in [5.74, 6) is 0.487. The van der Waals surface area contributed by atoms with Crippen LogP contribution in [0, 0.1) is 5.92 Å². The molecule has 2 heterocycles. The number of likely N-dealkylation sites (tertiary alicyclic amines) is 1. The fourth-order valence-electron chi connectivity index (χ4n) is 4.92. The van der Waals surface area contributed by atoms with Crippen LogP contribution in [0.5, 0.6) is 5.75 Å². The van der Waals surface area contributed by atoms with Gasteiger partial charge in [-0.2, -0.15) is 0 Å². The predicted molar refractivity (Wildman–Crippen MR) is 126 cm³/mol. The zero-order valence-electron chi connectivity index (χ0n) is 18.4. The third kappa shape index (κ3) is 3.25. The third-order valence-electron chi connectivity index (χ3n) is 6.42. The van der Waals surface area contributed by atoms with E-state index in [0.717, 1.165) is 36.7 Å². The van der Waals surface area contributed by atoms with Crippen molar-refractivity contribution in [3.63, 3.8) is 0 Å². The van der Waals surface area contributed by atoms with Crippen LogP contribution in [0.25, 0.3) is 16.3 Å². The van der Waals surface area contributed by atoms with Gasteiger partial charge in [0.1, 0.15) is 11.4 Å². The van der Waals surface area contributed by atoms with Gasteiger partial charge < -0.3 is 9.64 Å². The number of hydrogen-bond acceptors (Lipinski definition) is 4. The quantitative estimate of drug-likeness (QED) is 0.559. The molecule has 2 amide bonds. The van der Waals surface area contributed by atoms with Gasteiger partial charge in [0.25, 0.3) is 11.8 Å². The number of para-hydroxylation sites is 1. The van der Waals surface area contributed by atoms with Gasteiger partial charge in [-0.05, 0) is 36.3 Å². The summed E-state index contributed by atoms with van der Waals surface area (Å²) in [5.41, 5.74) is 2.18. The van der Waals surface area contributed by atoms with Gasteiger partial charge in [0.15, 0.2) is 0 Å². The molecule has 1 fully saturated rings. The Morgan fingerprint density at radius 2 is 1.66 bits per heavy atom. The first kappa shape index (κ1) is 20.3. The second-order valence-electron chi connectivity index (χ2n) is 8.56. The fraction of sp³-hybridized carbons (Fsp3) is 0.259. The molecule has 3 aromatic rings. The normalized spacial score (nSPS) is 19.2. The third-order valence-corrected chi connectivity index (χ3v) is 6.42. The largest absolute Gasteiger partial charge is 0.496 e. The average molecular weight is 427 g/mol. The lowest BCUT2D eigenvalue weighted by Gasteiger charge is -2.33. The minimum atomic E-state index is -0.302. The highest BCUT2D eigenvalue weighted by molar-refractivity contribution is 6.46. The molecule has 162 valence electrons. The van der Waals surface area contributed by atoms with E-state index in [1.165, 1.54) is 4.90 Å². The SMILES string of the molecule is COc1ccccc1C1=C(N2CCCC(C)C2)C(=O)N(c2cccc3ccccc23)C1=O. The molecule has 0 spiro atoms. The summed E-state index contributed by atoms with van der Waals surface area (Å²) in [5, 5.41) is 1.87. The number of piperidine rings is 1. The highest BCUT2D eigenvalue weighted by Crippen LogP contribution is 2.41. The monoisotopic (exact) mass is 426 g/mol. The van der Waals surface area contributed by atoms with Crippen molar-refractivity contribution in [2.45, 2.75) is 19.8 Å². The first-order valence-corrected chi connectivity index (χ1v) is 11.1. The summed E-state index contributed by atoms with van der Waals surface area (Å²) in [7, 11) is 1.59. The number of rotatable bonds is 4. The topological polar surface area (TPSA) is 49.9 Å². The van der Waals surface area contributed by atoms with Crippen LogP contribution in [0.4, 0.5) is 5.69 Å². The van der Waals surface area contributed by atoms with E-state index in [2.05, 4.69) is 11.8 Å². The van der Waals surface area contributed by atoms with Crippen molar-refractivity contribution in [1.29, 1.82) is 0 Å². The zero-order chi connectivity index (χ0) is 22.2. The van der Waals surface area contributed by atoms with Crippen molar-refractivity contribution >= 4 is 33.8 Å². The maximum atomic E-state index is 13.9. The van der Waals surface area contributed by atoms with E-state index in [1.54, 1.807) is 7.11 Å². The number of nitrogens with zero attached hydrogens (tertiary/aromatic N) is 2. The smallest absolute Gasteiger partial charge is 0.282 e. The second kappa shape index (κ2) is 8.15. The maximum absolute atomic E-state index is 13.9. The van der Waals surface area contributed by atoms with Gasteiger partial charge in [-0.1, -0.05) is 61.5 Å². The average Bonchev–Trinajstić information content (AvgIpc) is 3.08. The van der Waals surface area contributed by atoms with Crippen molar-refractivity contribution in [2.75, 3.05) is 25.1 Å². The van der Waals surface area contributed by atoms with E-state index in [4.69, 9.17) is 4.74 Å². The summed E-state index contributed by atoms with van der Waals surface area (Å²) in [4.78, 5) is 31.3. The zero-order valence-corrected chi connectivity index (χ0v) is 18.4. The van der Waals surface area contributed by atoms with E-state index in [-0.39, 0.29) is 11.8 Å². The summed E-state index contributed by atoms with van der Waals surface area (Å²) in [6.45, 7) is 3.72. The van der Waals surface area contributed by atoms with Crippen LogP contribution in [0.1, 0.15) is 25.3 Å². The molecule has 1 atom stereocenters. The highest BCUT2D eigenvalue weighted by Gasteiger charge is 2.44. The molecule has 5 heteroatoms. The number of carbonyl (C=O) groups excluding carboxylic acids is 2. The van der Waals surface area contributed by atoms with E-state index < -0.39 is 0 Å². The van der Waals surface area contributed by atoms with Crippen molar-refractivity contribution in [3.05, 3.63) is 78.0 Å². The lowest BCUT2D eigenvalue weighted by Crippen LogP contribution is -2.39. The molecular weight excluding hydrogens is 400 g/mol. The summed E-state index contributed by atoms with van der Waals surface area (Å²) in [6, 6.07) is 21.0. The lowest BCUT2D eigenvalue weighted by atomic mass is 9.97. The Morgan fingerprint density at radius 3 is 2.47 bits per heavy atom. The Kier molecular flexibility index (Phi) is 5.17. The van der Waals surface area contributed by atoms with Crippen LogP contribution in [-0.4, -0.2) is 36.9 Å². The van der Waals surface area contributed by atoms with Crippen LogP contribution >= 0.6 is 0 Å². The second-order valence-corrected chi connectivity index (χ2v) is 8.56. The number of imide groups is 1. The number of methoxy groups -OCH3 is 1. The van der Waals surface area contributed by atoms with Gasteiger partial charge in [-0.3, -0.25) is 9.59 Å². The number of amides is 2. The number of anilines is 1. The Balaban J connectivity index is 1.70. The minimum Gasteiger partial charge on any atom is -0.496 e. The van der Waals surface area contributed by atoms with Crippen molar-refractivity contribution in [1.82, 2.24) is 4.90 Å². The van der Waals surface area contributed by atoms with E-state index in [0.29, 0.717) is 34.2 Å². The standard InChI is InChI=1S/C27H26N2O3/c1-18-9-8-16-28(17-18)25-24(21-13-5-6-15-23(21)32-2)26(30)29(27(25)31)22-14-7-11-19-10-3-4-12-20(19)22/h3-7,10-15,18H,8-9,16-17H2,1-2H3. The van der Waals surface area contributed by atoms with Crippen LogP contribution in [0.15, 0.2) is 72.4 Å². The Morgan fingerprint density at radius 1 is 0.906 bits per heavy atom. The van der Waals surface area contributed by atoms with Crippen LogP contribution in [0.2, 0.25) is 0 Å². The molecule has 0 aliphatic carbocycles. The van der Waals surface area contributed by atoms with Gasteiger partial charge in [0.05, 0.1) is 18.4 Å². The van der Waals surface area contributed by atoms with Crippen molar-refractivity contribution in [2.24, 2.45) is 5.92 Å². The number of carbonyl (C=O) groups is 2. The molecule has 0 saturated carbocycles. The van der Waals surface area contributed by atoms with Crippen molar-refractivity contribution in [3.8, 4) is 5.75 Å². The molecule has 0 bridgehead atoms. The first-order valence-electron chi connectivity index (χ1n) is 11.1. The number of hydrogen-bond donors (Lipinski definition) is 0. The van der Waals surface area contributed by atoms with Gasteiger partial charge in [-0.15, -0.1) is 0 Å². The van der Waals surface area contributed by atoms with Gasteiger partial charge in [-0.25, -0.2) is 4.90 Å². The Labute approximate surface area is 187 Å². The Hall–Kier alpha value is -3.60. The van der Waals surface area contributed by atoms with E-state index in [9.17, 15) is 9.59 Å². The summed E-state index contributed by atoms with van der Waals surface area (Å²) >= 11 is 0. The highest BCUT2D eigenvalue weighted by atomic mass is 16.5. The molecule has 1 saturated heterocycles. The molecule has 32 heavy (non-hydrogen) atoms. The number of fused-ring (bicyclic) bond motifs is 1. The van der Waals surface area contributed by atoms with Gasteiger partial charge >= 0.3 is 0 Å². The minimum absolute atomic E-state index is 0.263. The van der Waals surface area contributed by atoms with Crippen LogP contribution in [-0.2, 0) is 9.59 Å².